The van der Waals surface area contributed by atoms with Crippen LogP contribution in [0.3, 0.4) is 0 Å². The normalized spacial score (nSPS) is 10.7. The van der Waals surface area contributed by atoms with Crippen molar-refractivity contribution in [3.63, 3.8) is 0 Å². The molecule has 0 aliphatic rings. The van der Waals surface area contributed by atoms with E-state index in [1.54, 1.807) is 4.68 Å². The molecule has 1 aromatic heterocycles. The molecule has 19 heavy (non-hydrogen) atoms. The van der Waals surface area contributed by atoms with Crippen molar-refractivity contribution in [3.05, 3.63) is 51.3 Å². The smallest absolute Gasteiger partial charge is 0.169 e. The summed E-state index contributed by atoms with van der Waals surface area (Å²) >= 11 is 3.41. The van der Waals surface area contributed by atoms with Crippen molar-refractivity contribution >= 4 is 21.7 Å². The van der Waals surface area contributed by atoms with Crippen LogP contribution in [0.2, 0.25) is 0 Å². The summed E-state index contributed by atoms with van der Waals surface area (Å²) in [7, 11) is 1.88. The molecule has 0 unspecified atom stereocenters. The highest BCUT2D eigenvalue weighted by atomic mass is 79.9. The Balaban J connectivity index is 2.25. The van der Waals surface area contributed by atoms with Crippen molar-refractivity contribution in [2.24, 2.45) is 7.05 Å². The molecule has 1 aromatic carbocycles. The van der Waals surface area contributed by atoms with Crippen molar-refractivity contribution < 1.29 is 4.79 Å². The lowest BCUT2D eigenvalue weighted by atomic mass is 10.0. The first-order valence-corrected chi connectivity index (χ1v) is 7.11. The zero-order valence-corrected chi connectivity index (χ0v) is 13.0. The quantitative estimate of drug-likeness (QED) is 0.808. The van der Waals surface area contributed by atoms with E-state index in [9.17, 15) is 4.79 Å². The van der Waals surface area contributed by atoms with E-state index in [2.05, 4.69) is 28.0 Å². The fourth-order valence-corrected chi connectivity index (χ4v) is 2.43. The van der Waals surface area contributed by atoms with Crippen LogP contribution in [0.4, 0.5) is 0 Å². The molecule has 0 saturated heterocycles. The molecule has 0 N–H and O–H groups in total. The zero-order chi connectivity index (χ0) is 14.0. The predicted molar refractivity (Wildman–Crippen MR) is 79.5 cm³/mol. The molecule has 4 heteroatoms. The third-order valence-corrected chi connectivity index (χ3v) is 3.72. The lowest BCUT2D eigenvalue weighted by Crippen LogP contribution is -2.09. The second-order valence-corrected chi connectivity index (χ2v) is 5.58. The first kappa shape index (κ1) is 14.0. The molecule has 1 heterocycles. The standard InChI is InChI=1S/C15H17BrN2O/c1-4-12-8-13(18(3)17-12)9-15(19)14-7-11(16)6-5-10(14)2/h5-8H,4,9H2,1-3H3. The molecule has 0 spiro atoms. The molecular weight excluding hydrogens is 304 g/mol. The van der Waals surface area contributed by atoms with Gasteiger partial charge >= 0.3 is 0 Å². The number of hydrogen-bond acceptors (Lipinski definition) is 2. The van der Waals surface area contributed by atoms with Crippen molar-refractivity contribution in [1.82, 2.24) is 9.78 Å². The van der Waals surface area contributed by atoms with Crippen LogP contribution in [0.5, 0.6) is 0 Å². The number of rotatable bonds is 4. The number of nitrogens with zero attached hydrogens (tertiary/aromatic N) is 2. The summed E-state index contributed by atoms with van der Waals surface area (Å²) in [5.74, 6) is 0.129. The number of ketones is 1. The molecule has 0 atom stereocenters. The van der Waals surface area contributed by atoms with E-state index >= 15 is 0 Å². The Bertz CT molecular complexity index is 617. The van der Waals surface area contributed by atoms with E-state index in [1.165, 1.54) is 0 Å². The topological polar surface area (TPSA) is 34.9 Å². The van der Waals surface area contributed by atoms with E-state index in [0.717, 1.165) is 33.4 Å². The Morgan fingerprint density at radius 1 is 1.37 bits per heavy atom. The van der Waals surface area contributed by atoms with Crippen molar-refractivity contribution in [3.8, 4) is 0 Å². The Hall–Kier alpha value is -1.42. The first-order chi connectivity index (χ1) is 9.01. The van der Waals surface area contributed by atoms with Crippen LogP contribution in [0.15, 0.2) is 28.7 Å². The molecule has 2 rings (SSSR count). The predicted octanol–water partition coefficient (Wildman–Crippen LogP) is 3.48. The zero-order valence-electron chi connectivity index (χ0n) is 11.4. The van der Waals surface area contributed by atoms with Gasteiger partial charge in [-0.25, -0.2) is 0 Å². The summed E-state index contributed by atoms with van der Waals surface area (Å²) in [6.45, 7) is 4.02. The van der Waals surface area contributed by atoms with Crippen molar-refractivity contribution in [1.29, 1.82) is 0 Å². The van der Waals surface area contributed by atoms with Gasteiger partial charge in [0.05, 0.1) is 12.1 Å². The van der Waals surface area contributed by atoms with Gasteiger partial charge in [0.2, 0.25) is 0 Å². The SMILES string of the molecule is CCc1cc(CC(=O)c2cc(Br)ccc2C)n(C)n1. The van der Waals surface area contributed by atoms with Gasteiger partial charge < -0.3 is 0 Å². The number of carbonyl (C=O) groups is 1. The van der Waals surface area contributed by atoms with E-state index in [4.69, 9.17) is 0 Å². The van der Waals surface area contributed by atoms with E-state index in [-0.39, 0.29) is 5.78 Å². The molecule has 0 amide bonds. The highest BCUT2D eigenvalue weighted by molar-refractivity contribution is 9.10. The number of aromatic nitrogens is 2. The molecule has 2 aromatic rings. The third-order valence-electron chi connectivity index (χ3n) is 3.23. The molecule has 0 radical (unpaired) electrons. The maximum Gasteiger partial charge on any atom is 0.169 e. The molecule has 0 bridgehead atoms. The minimum Gasteiger partial charge on any atom is -0.294 e. The second-order valence-electron chi connectivity index (χ2n) is 4.66. The first-order valence-electron chi connectivity index (χ1n) is 6.32. The maximum atomic E-state index is 12.4. The van der Waals surface area contributed by atoms with Gasteiger partial charge in [-0.15, -0.1) is 0 Å². The van der Waals surface area contributed by atoms with Crippen LogP contribution in [0, 0.1) is 6.92 Å². The molecule has 0 aliphatic carbocycles. The largest absolute Gasteiger partial charge is 0.294 e. The van der Waals surface area contributed by atoms with Gasteiger partial charge in [-0.2, -0.15) is 5.10 Å². The van der Waals surface area contributed by atoms with Gasteiger partial charge in [0.1, 0.15) is 0 Å². The molecule has 0 fully saturated rings. The van der Waals surface area contributed by atoms with Crippen LogP contribution in [-0.4, -0.2) is 15.6 Å². The fourth-order valence-electron chi connectivity index (χ4n) is 2.06. The number of aryl methyl sites for hydroxylation is 3. The summed E-state index contributed by atoms with van der Waals surface area (Å²) < 4.78 is 2.73. The number of hydrogen-bond donors (Lipinski definition) is 0. The van der Waals surface area contributed by atoms with Crippen LogP contribution in [-0.2, 0) is 19.9 Å². The van der Waals surface area contributed by atoms with Gasteiger partial charge in [-0.05, 0) is 37.1 Å². The summed E-state index contributed by atoms with van der Waals surface area (Å²) in [5.41, 5.74) is 3.76. The summed E-state index contributed by atoms with van der Waals surface area (Å²) in [6, 6.07) is 7.80. The minimum atomic E-state index is 0.129. The number of carbonyl (C=O) groups excluding carboxylic acids is 1. The van der Waals surface area contributed by atoms with Crippen LogP contribution in [0.1, 0.15) is 34.2 Å². The van der Waals surface area contributed by atoms with Gasteiger partial charge in [0.15, 0.2) is 5.78 Å². The van der Waals surface area contributed by atoms with Gasteiger partial charge in [-0.3, -0.25) is 9.48 Å². The minimum absolute atomic E-state index is 0.129. The Morgan fingerprint density at radius 2 is 2.11 bits per heavy atom. The molecule has 100 valence electrons. The Labute approximate surface area is 121 Å². The molecule has 3 nitrogen and oxygen atoms in total. The molecule has 0 aliphatic heterocycles. The molecule has 0 saturated carbocycles. The van der Waals surface area contributed by atoms with Crippen molar-refractivity contribution in [2.45, 2.75) is 26.7 Å². The van der Waals surface area contributed by atoms with Crippen molar-refractivity contribution in [2.75, 3.05) is 0 Å². The summed E-state index contributed by atoms with van der Waals surface area (Å²) in [5, 5.41) is 4.37. The van der Waals surface area contributed by atoms with Gasteiger partial charge in [-0.1, -0.05) is 28.9 Å². The Morgan fingerprint density at radius 3 is 2.74 bits per heavy atom. The van der Waals surface area contributed by atoms with E-state index < -0.39 is 0 Å². The van der Waals surface area contributed by atoms with E-state index in [0.29, 0.717) is 6.42 Å². The third kappa shape index (κ3) is 3.13. The Kier molecular flexibility index (Phi) is 4.20. The fraction of sp³-hybridized carbons (Fsp3) is 0.333. The number of halogens is 1. The average Bonchev–Trinajstić information content (AvgIpc) is 2.73. The number of Topliss-reactive ketones (excluding diaryl/α,β-unsaturated/α-hetero) is 1. The van der Waals surface area contributed by atoms with Crippen LogP contribution < -0.4 is 0 Å². The van der Waals surface area contributed by atoms with Crippen LogP contribution >= 0.6 is 15.9 Å². The second kappa shape index (κ2) is 5.70. The highest BCUT2D eigenvalue weighted by Gasteiger charge is 2.13. The van der Waals surface area contributed by atoms with Gasteiger partial charge in [0.25, 0.3) is 0 Å². The van der Waals surface area contributed by atoms with Gasteiger partial charge in [0, 0.05) is 22.8 Å². The highest BCUT2D eigenvalue weighted by Crippen LogP contribution is 2.18. The number of benzene rings is 1. The maximum absolute atomic E-state index is 12.4. The van der Waals surface area contributed by atoms with E-state index in [1.807, 2.05) is 38.2 Å². The van der Waals surface area contributed by atoms with Crippen LogP contribution in [0.25, 0.3) is 0 Å². The molecular formula is C15H17BrN2O. The monoisotopic (exact) mass is 320 g/mol. The average molecular weight is 321 g/mol. The lowest BCUT2D eigenvalue weighted by Gasteiger charge is -2.06. The lowest BCUT2D eigenvalue weighted by molar-refractivity contribution is 0.0990. The summed E-state index contributed by atoms with van der Waals surface area (Å²) in [4.78, 5) is 12.4. The summed E-state index contributed by atoms with van der Waals surface area (Å²) in [6.07, 6.45) is 1.28.